The largest absolute Gasteiger partial charge is 0.496 e. The van der Waals surface area contributed by atoms with Gasteiger partial charge in [-0.05, 0) is 24.6 Å². The molecule has 0 aliphatic rings. The number of aryl methyl sites for hydroxylation is 1. The van der Waals surface area contributed by atoms with Crippen molar-refractivity contribution in [3.8, 4) is 5.75 Å². The van der Waals surface area contributed by atoms with E-state index in [1.807, 2.05) is 19.1 Å². The first-order chi connectivity index (χ1) is 5.15. The van der Waals surface area contributed by atoms with Gasteiger partial charge < -0.3 is 4.74 Å². The molecule has 0 N–H and O–H groups in total. The maximum atomic E-state index is 5.07. The molecule has 0 heterocycles. The second-order valence-electron chi connectivity index (χ2n) is 2.31. The highest BCUT2D eigenvalue weighted by atomic mass is 32.1. The van der Waals surface area contributed by atoms with Gasteiger partial charge >= 0.3 is 0 Å². The van der Waals surface area contributed by atoms with Crippen molar-refractivity contribution in [2.24, 2.45) is 0 Å². The first-order valence-corrected chi connectivity index (χ1v) is 4.11. The maximum absolute atomic E-state index is 5.07. The molecule has 0 aliphatic carbocycles. The monoisotopic (exact) mass is 186 g/mol. The lowest BCUT2D eigenvalue weighted by Crippen LogP contribution is -1.86. The molecule has 1 aromatic rings. The summed E-state index contributed by atoms with van der Waals surface area (Å²) in [6, 6.07) is 3.80. The van der Waals surface area contributed by atoms with Gasteiger partial charge in [-0.25, -0.2) is 0 Å². The molecule has 0 fully saturated rings. The van der Waals surface area contributed by atoms with Crippen molar-refractivity contribution in [1.29, 1.82) is 0 Å². The van der Waals surface area contributed by atoms with Gasteiger partial charge in [0.05, 0.1) is 7.11 Å². The standard InChI is InChI=1S/C8H10OS2/c1-5-3-6(9-2)8(11)4-7(5)10/h3-4,10-11H,1-2H3. The van der Waals surface area contributed by atoms with Crippen LogP contribution in [-0.4, -0.2) is 7.11 Å². The summed E-state index contributed by atoms with van der Waals surface area (Å²) >= 11 is 8.47. The third kappa shape index (κ3) is 1.84. The van der Waals surface area contributed by atoms with Gasteiger partial charge in [-0.3, -0.25) is 0 Å². The van der Waals surface area contributed by atoms with E-state index in [4.69, 9.17) is 4.74 Å². The lowest BCUT2D eigenvalue weighted by molar-refractivity contribution is 0.404. The number of hydrogen-bond donors (Lipinski definition) is 2. The minimum Gasteiger partial charge on any atom is -0.496 e. The number of hydrogen-bond acceptors (Lipinski definition) is 3. The normalized spacial score (nSPS) is 9.82. The Labute approximate surface area is 77.6 Å². The highest BCUT2D eigenvalue weighted by molar-refractivity contribution is 7.81. The quantitative estimate of drug-likeness (QED) is 0.641. The van der Waals surface area contributed by atoms with Crippen molar-refractivity contribution in [3.05, 3.63) is 17.7 Å². The van der Waals surface area contributed by atoms with Crippen LogP contribution in [0.2, 0.25) is 0 Å². The van der Waals surface area contributed by atoms with Gasteiger partial charge in [0.1, 0.15) is 5.75 Å². The first kappa shape index (κ1) is 8.81. The Balaban J connectivity index is 3.21. The van der Waals surface area contributed by atoms with Crippen molar-refractivity contribution in [3.63, 3.8) is 0 Å². The summed E-state index contributed by atoms with van der Waals surface area (Å²) in [5.41, 5.74) is 1.10. The third-order valence-corrected chi connectivity index (χ3v) is 2.33. The highest BCUT2D eigenvalue weighted by Gasteiger charge is 2.01. The van der Waals surface area contributed by atoms with Crippen molar-refractivity contribution in [1.82, 2.24) is 0 Å². The van der Waals surface area contributed by atoms with Crippen molar-refractivity contribution < 1.29 is 4.74 Å². The smallest absolute Gasteiger partial charge is 0.132 e. The molecule has 1 aromatic carbocycles. The van der Waals surface area contributed by atoms with Crippen LogP contribution in [-0.2, 0) is 0 Å². The fourth-order valence-corrected chi connectivity index (χ4v) is 1.40. The molecule has 1 nitrogen and oxygen atoms in total. The van der Waals surface area contributed by atoms with Crippen LogP contribution in [0, 0.1) is 6.92 Å². The van der Waals surface area contributed by atoms with E-state index in [9.17, 15) is 0 Å². The van der Waals surface area contributed by atoms with Gasteiger partial charge in [0, 0.05) is 9.79 Å². The molecule has 0 saturated heterocycles. The van der Waals surface area contributed by atoms with Crippen LogP contribution in [0.25, 0.3) is 0 Å². The first-order valence-electron chi connectivity index (χ1n) is 3.21. The summed E-state index contributed by atoms with van der Waals surface area (Å²) in [6.07, 6.45) is 0. The predicted octanol–water partition coefficient (Wildman–Crippen LogP) is 2.58. The summed E-state index contributed by atoms with van der Waals surface area (Å²) in [6.45, 7) is 1.98. The Kier molecular flexibility index (Phi) is 2.73. The Bertz CT molecular complexity index is 271. The number of rotatable bonds is 1. The highest BCUT2D eigenvalue weighted by Crippen LogP contribution is 2.27. The second kappa shape index (κ2) is 3.41. The SMILES string of the molecule is COc1cc(C)c(S)cc1S. The topological polar surface area (TPSA) is 9.23 Å². The lowest BCUT2D eigenvalue weighted by atomic mass is 10.2. The minimum atomic E-state index is 0.795. The van der Waals surface area contributed by atoms with Gasteiger partial charge in [-0.1, -0.05) is 0 Å². The van der Waals surface area contributed by atoms with E-state index in [1.165, 1.54) is 0 Å². The maximum Gasteiger partial charge on any atom is 0.132 e. The molecular weight excluding hydrogens is 176 g/mol. The van der Waals surface area contributed by atoms with E-state index in [1.54, 1.807) is 7.11 Å². The predicted molar refractivity (Wildman–Crippen MR) is 52.2 cm³/mol. The van der Waals surface area contributed by atoms with Crippen LogP contribution in [0.4, 0.5) is 0 Å². The molecule has 0 amide bonds. The molecule has 0 unspecified atom stereocenters. The number of benzene rings is 1. The summed E-state index contributed by atoms with van der Waals surface area (Å²) in [7, 11) is 1.63. The molecule has 11 heavy (non-hydrogen) atoms. The van der Waals surface area contributed by atoms with E-state index in [0.717, 1.165) is 21.1 Å². The van der Waals surface area contributed by atoms with Crippen LogP contribution >= 0.6 is 25.3 Å². The fourth-order valence-electron chi connectivity index (χ4n) is 0.822. The third-order valence-electron chi connectivity index (χ3n) is 1.50. The van der Waals surface area contributed by atoms with Crippen molar-refractivity contribution >= 4 is 25.3 Å². The van der Waals surface area contributed by atoms with Crippen LogP contribution < -0.4 is 4.74 Å². The second-order valence-corrected chi connectivity index (χ2v) is 3.27. The van der Waals surface area contributed by atoms with Crippen LogP contribution in [0.3, 0.4) is 0 Å². The van der Waals surface area contributed by atoms with E-state index in [2.05, 4.69) is 25.3 Å². The lowest BCUT2D eigenvalue weighted by Gasteiger charge is -2.06. The number of thiol groups is 2. The van der Waals surface area contributed by atoms with E-state index in [0.29, 0.717) is 0 Å². The summed E-state index contributed by atoms with van der Waals surface area (Å²) < 4.78 is 5.07. The van der Waals surface area contributed by atoms with E-state index < -0.39 is 0 Å². The zero-order valence-corrected chi connectivity index (χ0v) is 8.25. The Hall–Kier alpha value is -0.280. The van der Waals surface area contributed by atoms with Gasteiger partial charge in [0.2, 0.25) is 0 Å². The Morgan fingerprint density at radius 3 is 2.36 bits per heavy atom. The molecule has 0 bridgehead atoms. The number of ether oxygens (including phenoxy) is 1. The minimum absolute atomic E-state index is 0.795. The molecule has 3 heteroatoms. The van der Waals surface area contributed by atoms with Gasteiger partial charge in [-0.15, -0.1) is 25.3 Å². The molecule has 0 spiro atoms. The Morgan fingerprint density at radius 2 is 1.82 bits per heavy atom. The van der Waals surface area contributed by atoms with Crippen LogP contribution in [0.5, 0.6) is 5.75 Å². The van der Waals surface area contributed by atoms with Crippen LogP contribution in [0.1, 0.15) is 5.56 Å². The van der Waals surface area contributed by atoms with E-state index in [-0.39, 0.29) is 0 Å². The zero-order valence-electron chi connectivity index (χ0n) is 6.46. The van der Waals surface area contributed by atoms with Gasteiger partial charge in [0.15, 0.2) is 0 Å². The molecule has 60 valence electrons. The van der Waals surface area contributed by atoms with Gasteiger partial charge in [-0.2, -0.15) is 0 Å². The van der Waals surface area contributed by atoms with Gasteiger partial charge in [0.25, 0.3) is 0 Å². The molecular formula is C8H10OS2. The summed E-state index contributed by atoms with van der Waals surface area (Å²) in [4.78, 5) is 1.76. The number of methoxy groups -OCH3 is 1. The molecule has 0 aliphatic heterocycles. The van der Waals surface area contributed by atoms with Crippen molar-refractivity contribution in [2.75, 3.05) is 7.11 Å². The van der Waals surface area contributed by atoms with Crippen LogP contribution in [0.15, 0.2) is 21.9 Å². The molecule has 1 rings (SSSR count). The van der Waals surface area contributed by atoms with E-state index >= 15 is 0 Å². The van der Waals surface area contributed by atoms with Crippen molar-refractivity contribution in [2.45, 2.75) is 16.7 Å². The summed E-state index contributed by atoms with van der Waals surface area (Å²) in [5.74, 6) is 0.795. The summed E-state index contributed by atoms with van der Waals surface area (Å²) in [5, 5.41) is 0. The molecule has 0 aromatic heterocycles. The fraction of sp³-hybridized carbons (Fsp3) is 0.250. The Morgan fingerprint density at radius 1 is 1.18 bits per heavy atom. The molecule has 0 radical (unpaired) electrons. The average Bonchev–Trinajstić information content (AvgIpc) is 1.97. The zero-order chi connectivity index (χ0) is 8.43. The molecule has 0 saturated carbocycles. The molecule has 0 atom stereocenters. The average molecular weight is 186 g/mol.